The predicted octanol–water partition coefficient (Wildman–Crippen LogP) is 0.460. The molecule has 0 aromatic rings. The highest BCUT2D eigenvalue weighted by atomic mass is 16.5. The number of hydrogen-bond acceptors (Lipinski definition) is 4. The van der Waals surface area contributed by atoms with Crippen LogP contribution in [0.3, 0.4) is 0 Å². The molecule has 0 amide bonds. The van der Waals surface area contributed by atoms with Gasteiger partial charge < -0.3 is 24.8 Å². The minimum absolute atomic E-state index is 0.139. The van der Waals surface area contributed by atoms with Crippen molar-refractivity contribution >= 4 is 5.96 Å². The van der Waals surface area contributed by atoms with Crippen LogP contribution >= 0.6 is 0 Å². The molecule has 6 heteroatoms. The van der Waals surface area contributed by atoms with Crippen LogP contribution in [0.15, 0.2) is 4.99 Å². The Hall–Kier alpha value is -0.850. The van der Waals surface area contributed by atoms with Crippen molar-refractivity contribution in [2.75, 3.05) is 46.0 Å². The average Bonchev–Trinajstić information content (AvgIpc) is 3.05. The topological polar surface area (TPSA) is 66.3 Å². The molecule has 0 aliphatic carbocycles. The van der Waals surface area contributed by atoms with Crippen LogP contribution < -0.4 is 5.32 Å². The van der Waals surface area contributed by atoms with E-state index in [1.165, 1.54) is 0 Å². The first-order chi connectivity index (χ1) is 10.2. The van der Waals surface area contributed by atoms with Crippen LogP contribution in [-0.4, -0.2) is 74.2 Å². The Bertz CT molecular complexity index is 332. The summed E-state index contributed by atoms with van der Waals surface area (Å²) < 4.78 is 11.6. The third-order valence-electron chi connectivity index (χ3n) is 3.97. The molecule has 2 rings (SSSR count). The molecule has 21 heavy (non-hydrogen) atoms. The van der Waals surface area contributed by atoms with E-state index in [4.69, 9.17) is 14.6 Å². The van der Waals surface area contributed by atoms with E-state index in [1.807, 2.05) is 6.92 Å². The van der Waals surface area contributed by atoms with E-state index in [9.17, 15) is 0 Å². The summed E-state index contributed by atoms with van der Waals surface area (Å²) in [6.45, 7) is 8.97. The molecule has 0 aromatic heterocycles. The first-order valence-electron chi connectivity index (χ1n) is 8.12. The van der Waals surface area contributed by atoms with Crippen molar-refractivity contribution < 1.29 is 14.6 Å². The van der Waals surface area contributed by atoms with Gasteiger partial charge >= 0.3 is 0 Å². The van der Waals surface area contributed by atoms with E-state index in [2.05, 4.69) is 22.1 Å². The number of aliphatic hydroxyl groups is 1. The van der Waals surface area contributed by atoms with Crippen LogP contribution in [0.2, 0.25) is 0 Å². The van der Waals surface area contributed by atoms with Crippen LogP contribution in [0.25, 0.3) is 0 Å². The van der Waals surface area contributed by atoms with Gasteiger partial charge in [0.05, 0.1) is 12.7 Å². The summed E-state index contributed by atoms with van der Waals surface area (Å²) in [5, 5.41) is 12.5. The Balaban J connectivity index is 1.94. The lowest BCUT2D eigenvalue weighted by Gasteiger charge is -2.37. The third-order valence-corrected chi connectivity index (χ3v) is 3.97. The first-order valence-corrected chi connectivity index (χ1v) is 8.12. The zero-order valence-electron chi connectivity index (χ0n) is 13.3. The van der Waals surface area contributed by atoms with Gasteiger partial charge in [0.15, 0.2) is 5.96 Å². The maximum Gasteiger partial charge on any atom is 0.194 e. The van der Waals surface area contributed by atoms with Gasteiger partial charge in [0.1, 0.15) is 6.10 Å². The van der Waals surface area contributed by atoms with Crippen LogP contribution in [0.5, 0.6) is 0 Å². The highest BCUT2D eigenvalue weighted by Gasteiger charge is 2.32. The van der Waals surface area contributed by atoms with Crippen molar-refractivity contribution in [2.45, 2.75) is 38.9 Å². The highest BCUT2D eigenvalue weighted by molar-refractivity contribution is 5.80. The Labute approximate surface area is 127 Å². The van der Waals surface area contributed by atoms with Gasteiger partial charge in [-0.25, -0.2) is 0 Å². The van der Waals surface area contributed by atoms with Crippen LogP contribution in [0, 0.1) is 5.92 Å². The molecule has 122 valence electrons. The zero-order chi connectivity index (χ0) is 15.1. The SMILES string of the molecule is CCNC(=NCC(C)CO)N1CCOC(C2CCCO2)C1. The summed E-state index contributed by atoms with van der Waals surface area (Å²) in [5.41, 5.74) is 0. The molecule has 0 radical (unpaired) electrons. The van der Waals surface area contributed by atoms with Gasteiger partial charge in [0.25, 0.3) is 0 Å². The minimum Gasteiger partial charge on any atom is -0.396 e. The number of ether oxygens (including phenoxy) is 2. The molecule has 0 saturated carbocycles. The number of hydrogen-bond donors (Lipinski definition) is 2. The maximum atomic E-state index is 9.13. The summed E-state index contributed by atoms with van der Waals surface area (Å²) >= 11 is 0. The second-order valence-electron chi connectivity index (χ2n) is 5.89. The van der Waals surface area contributed by atoms with Gasteiger partial charge in [-0.3, -0.25) is 4.99 Å². The molecule has 2 aliphatic heterocycles. The second kappa shape index (κ2) is 8.56. The van der Waals surface area contributed by atoms with Crippen molar-refractivity contribution in [3.05, 3.63) is 0 Å². The summed E-state index contributed by atoms with van der Waals surface area (Å²) in [4.78, 5) is 6.90. The van der Waals surface area contributed by atoms with E-state index in [-0.39, 0.29) is 24.7 Å². The van der Waals surface area contributed by atoms with E-state index >= 15 is 0 Å². The van der Waals surface area contributed by atoms with Crippen LogP contribution in [0.1, 0.15) is 26.7 Å². The lowest BCUT2D eigenvalue weighted by atomic mass is 10.1. The number of guanidine groups is 1. The molecular formula is C15H29N3O3. The fourth-order valence-electron chi connectivity index (χ4n) is 2.71. The van der Waals surface area contributed by atoms with Crippen LogP contribution in [0.4, 0.5) is 0 Å². The second-order valence-corrected chi connectivity index (χ2v) is 5.89. The standard InChI is InChI=1S/C15H29N3O3/c1-3-16-15(17-9-12(2)11-19)18-6-8-21-14(10-18)13-5-4-7-20-13/h12-14,19H,3-11H2,1-2H3,(H,16,17). The number of nitrogens with one attached hydrogen (secondary N) is 1. The molecule has 3 unspecified atom stereocenters. The van der Waals surface area contributed by atoms with Gasteiger partial charge in [0, 0.05) is 39.4 Å². The molecule has 0 spiro atoms. The number of aliphatic hydroxyl groups excluding tert-OH is 1. The predicted molar refractivity (Wildman–Crippen MR) is 82.5 cm³/mol. The Kier molecular flexibility index (Phi) is 6.73. The summed E-state index contributed by atoms with van der Waals surface area (Å²) in [6, 6.07) is 0. The number of aliphatic imine (C=N–C) groups is 1. The molecule has 0 bridgehead atoms. The Morgan fingerprint density at radius 3 is 2.86 bits per heavy atom. The molecular weight excluding hydrogens is 270 g/mol. The zero-order valence-corrected chi connectivity index (χ0v) is 13.3. The fourth-order valence-corrected chi connectivity index (χ4v) is 2.71. The van der Waals surface area contributed by atoms with Crippen LogP contribution in [-0.2, 0) is 9.47 Å². The number of rotatable bonds is 5. The molecule has 2 saturated heterocycles. The molecule has 6 nitrogen and oxygen atoms in total. The molecule has 2 fully saturated rings. The van der Waals surface area contributed by atoms with Crippen molar-refractivity contribution in [1.29, 1.82) is 0 Å². The summed E-state index contributed by atoms with van der Waals surface area (Å²) in [6.07, 6.45) is 2.59. The quantitative estimate of drug-likeness (QED) is 0.570. The monoisotopic (exact) mass is 299 g/mol. The smallest absolute Gasteiger partial charge is 0.194 e. The van der Waals surface area contributed by atoms with E-state index < -0.39 is 0 Å². The summed E-state index contributed by atoms with van der Waals surface area (Å²) in [5.74, 6) is 1.11. The third kappa shape index (κ3) is 4.83. The normalized spacial score (nSPS) is 28.7. The van der Waals surface area contributed by atoms with E-state index in [0.717, 1.165) is 45.0 Å². The molecule has 3 atom stereocenters. The Morgan fingerprint density at radius 1 is 1.38 bits per heavy atom. The maximum absolute atomic E-state index is 9.13. The first kappa shape index (κ1) is 16.5. The number of morpholine rings is 1. The lowest BCUT2D eigenvalue weighted by Crippen LogP contribution is -2.53. The average molecular weight is 299 g/mol. The fraction of sp³-hybridized carbons (Fsp3) is 0.933. The van der Waals surface area contributed by atoms with Gasteiger partial charge in [-0.15, -0.1) is 0 Å². The Morgan fingerprint density at radius 2 is 2.19 bits per heavy atom. The summed E-state index contributed by atoms with van der Waals surface area (Å²) in [7, 11) is 0. The van der Waals surface area contributed by atoms with Gasteiger partial charge in [0.2, 0.25) is 0 Å². The van der Waals surface area contributed by atoms with Crippen molar-refractivity contribution in [1.82, 2.24) is 10.2 Å². The van der Waals surface area contributed by atoms with Crippen molar-refractivity contribution in [2.24, 2.45) is 10.9 Å². The van der Waals surface area contributed by atoms with Crippen molar-refractivity contribution in [3.8, 4) is 0 Å². The molecule has 2 heterocycles. The largest absolute Gasteiger partial charge is 0.396 e. The van der Waals surface area contributed by atoms with Gasteiger partial charge in [-0.2, -0.15) is 0 Å². The lowest BCUT2D eigenvalue weighted by molar-refractivity contribution is -0.0817. The molecule has 0 aromatic carbocycles. The minimum atomic E-state index is 0.139. The van der Waals surface area contributed by atoms with Crippen molar-refractivity contribution in [3.63, 3.8) is 0 Å². The van der Waals surface area contributed by atoms with E-state index in [1.54, 1.807) is 0 Å². The molecule has 2 aliphatic rings. The van der Waals surface area contributed by atoms with E-state index in [0.29, 0.717) is 13.2 Å². The molecule has 2 N–H and O–H groups in total. The van der Waals surface area contributed by atoms with Gasteiger partial charge in [-0.05, 0) is 25.7 Å². The number of nitrogens with zero attached hydrogens (tertiary/aromatic N) is 2. The van der Waals surface area contributed by atoms with Gasteiger partial charge in [-0.1, -0.05) is 6.92 Å². The highest BCUT2D eigenvalue weighted by Crippen LogP contribution is 2.21.